The molecular formula is C22H39NO5. The van der Waals surface area contributed by atoms with Crippen LogP contribution in [0.15, 0.2) is 24.3 Å². The molecule has 6 nitrogen and oxygen atoms in total. The smallest absolute Gasteiger partial charge is 0.220 e. The second kappa shape index (κ2) is 14.7. The van der Waals surface area contributed by atoms with Gasteiger partial charge in [0, 0.05) is 25.3 Å². The van der Waals surface area contributed by atoms with Gasteiger partial charge in [0.25, 0.3) is 0 Å². The van der Waals surface area contributed by atoms with E-state index in [2.05, 4.69) is 12.2 Å². The maximum atomic E-state index is 11.4. The van der Waals surface area contributed by atoms with Gasteiger partial charge in [0.15, 0.2) is 0 Å². The van der Waals surface area contributed by atoms with Gasteiger partial charge in [-0.25, -0.2) is 0 Å². The number of amides is 1. The predicted molar refractivity (Wildman–Crippen MR) is 111 cm³/mol. The first-order valence-corrected chi connectivity index (χ1v) is 10.7. The van der Waals surface area contributed by atoms with Crippen LogP contribution in [0.2, 0.25) is 0 Å². The molecule has 0 aromatic rings. The van der Waals surface area contributed by atoms with Gasteiger partial charge in [0.1, 0.15) is 0 Å². The number of carbonyl (C=O) groups excluding carboxylic acids is 1. The summed E-state index contributed by atoms with van der Waals surface area (Å²) in [4.78, 5) is 11.4. The van der Waals surface area contributed by atoms with E-state index < -0.39 is 18.3 Å². The van der Waals surface area contributed by atoms with Gasteiger partial charge in [0.2, 0.25) is 5.91 Å². The number of unbranched alkanes of at least 4 members (excludes halogenated alkanes) is 3. The third kappa shape index (κ3) is 9.82. The van der Waals surface area contributed by atoms with E-state index in [1.807, 2.05) is 18.2 Å². The highest BCUT2D eigenvalue weighted by Crippen LogP contribution is 2.36. The van der Waals surface area contributed by atoms with Crippen molar-refractivity contribution in [2.75, 3.05) is 13.2 Å². The molecule has 0 radical (unpaired) electrons. The quantitative estimate of drug-likeness (QED) is 0.228. The minimum Gasteiger partial charge on any atom is -0.395 e. The Morgan fingerprint density at radius 3 is 2.68 bits per heavy atom. The Labute approximate surface area is 169 Å². The molecule has 1 aliphatic rings. The number of allylic oxidation sites excluding steroid dienone is 2. The fraction of sp³-hybridized carbons (Fsp3) is 0.773. The minimum absolute atomic E-state index is 0.0490. The maximum absolute atomic E-state index is 11.4. The van der Waals surface area contributed by atoms with Crippen molar-refractivity contribution >= 4 is 5.91 Å². The average molecular weight is 398 g/mol. The molecule has 5 N–H and O–H groups in total. The molecule has 0 aromatic heterocycles. The fourth-order valence-electron chi connectivity index (χ4n) is 3.70. The van der Waals surface area contributed by atoms with Gasteiger partial charge in [0.05, 0.1) is 24.9 Å². The Balaban J connectivity index is 2.39. The summed E-state index contributed by atoms with van der Waals surface area (Å²) in [5, 5.41) is 41.8. The Hall–Kier alpha value is -1.21. The number of hydrogen-bond acceptors (Lipinski definition) is 5. The minimum atomic E-state index is -0.581. The molecule has 1 amide bonds. The highest BCUT2D eigenvalue weighted by molar-refractivity contribution is 5.75. The van der Waals surface area contributed by atoms with Crippen LogP contribution in [-0.4, -0.2) is 57.8 Å². The van der Waals surface area contributed by atoms with Crippen molar-refractivity contribution < 1.29 is 25.2 Å². The van der Waals surface area contributed by atoms with Gasteiger partial charge in [-0.05, 0) is 31.6 Å². The van der Waals surface area contributed by atoms with Gasteiger partial charge in [-0.1, -0.05) is 50.5 Å². The van der Waals surface area contributed by atoms with Crippen LogP contribution >= 0.6 is 0 Å². The Morgan fingerprint density at radius 2 is 1.96 bits per heavy atom. The highest BCUT2D eigenvalue weighted by atomic mass is 16.3. The van der Waals surface area contributed by atoms with E-state index in [4.69, 9.17) is 5.11 Å². The molecule has 0 aliphatic heterocycles. The number of rotatable bonds is 14. The van der Waals surface area contributed by atoms with E-state index in [-0.39, 0.29) is 24.3 Å². The zero-order valence-corrected chi connectivity index (χ0v) is 17.2. The van der Waals surface area contributed by atoms with E-state index in [9.17, 15) is 20.1 Å². The molecule has 0 spiro atoms. The summed E-state index contributed by atoms with van der Waals surface area (Å²) in [5.41, 5.74) is 0. The number of carbonyl (C=O) groups is 1. The van der Waals surface area contributed by atoms with E-state index in [0.29, 0.717) is 25.8 Å². The zero-order chi connectivity index (χ0) is 20.8. The first-order valence-electron chi connectivity index (χ1n) is 10.7. The van der Waals surface area contributed by atoms with Crippen LogP contribution < -0.4 is 5.32 Å². The van der Waals surface area contributed by atoms with E-state index in [1.165, 1.54) is 0 Å². The first-order chi connectivity index (χ1) is 13.5. The molecule has 6 heteroatoms. The molecule has 28 heavy (non-hydrogen) atoms. The number of hydrogen-bond donors (Lipinski definition) is 5. The van der Waals surface area contributed by atoms with Crippen LogP contribution in [0, 0.1) is 11.8 Å². The lowest BCUT2D eigenvalue weighted by molar-refractivity contribution is -0.121. The summed E-state index contributed by atoms with van der Waals surface area (Å²) < 4.78 is 0. The molecule has 5 atom stereocenters. The lowest BCUT2D eigenvalue weighted by Crippen LogP contribution is -2.25. The Bertz CT molecular complexity index is 480. The van der Waals surface area contributed by atoms with Crippen molar-refractivity contribution in [3.63, 3.8) is 0 Å². The summed E-state index contributed by atoms with van der Waals surface area (Å²) in [6.07, 6.45) is 12.9. The van der Waals surface area contributed by atoms with Gasteiger partial charge in [-0.3, -0.25) is 4.79 Å². The maximum Gasteiger partial charge on any atom is 0.220 e. The van der Waals surface area contributed by atoms with Crippen molar-refractivity contribution in [2.24, 2.45) is 11.8 Å². The van der Waals surface area contributed by atoms with Crippen molar-refractivity contribution in [3.05, 3.63) is 24.3 Å². The fourth-order valence-corrected chi connectivity index (χ4v) is 3.70. The second-order valence-electron chi connectivity index (χ2n) is 7.73. The van der Waals surface area contributed by atoms with E-state index in [1.54, 1.807) is 6.08 Å². The number of nitrogens with one attached hydrogen (secondary N) is 1. The summed E-state index contributed by atoms with van der Waals surface area (Å²) in [6, 6.07) is 0. The summed E-state index contributed by atoms with van der Waals surface area (Å²) in [7, 11) is 0. The molecule has 0 aromatic carbocycles. The second-order valence-corrected chi connectivity index (χ2v) is 7.73. The van der Waals surface area contributed by atoms with E-state index in [0.717, 1.165) is 38.5 Å². The third-order valence-corrected chi connectivity index (χ3v) is 5.36. The van der Waals surface area contributed by atoms with Gasteiger partial charge >= 0.3 is 0 Å². The van der Waals surface area contributed by atoms with Crippen LogP contribution in [0.1, 0.15) is 64.7 Å². The summed E-state index contributed by atoms with van der Waals surface area (Å²) in [5.74, 6) is -0.262. The molecule has 1 fully saturated rings. The molecule has 1 rings (SSSR count). The lowest BCUT2D eigenvalue weighted by Gasteiger charge is -2.19. The average Bonchev–Trinajstić information content (AvgIpc) is 2.94. The summed E-state index contributed by atoms with van der Waals surface area (Å²) in [6.45, 7) is 2.37. The third-order valence-electron chi connectivity index (χ3n) is 5.36. The predicted octanol–water partition coefficient (Wildman–Crippen LogP) is 2.07. The van der Waals surface area contributed by atoms with Crippen molar-refractivity contribution in [1.29, 1.82) is 0 Å². The van der Waals surface area contributed by atoms with Crippen LogP contribution in [-0.2, 0) is 4.79 Å². The van der Waals surface area contributed by atoms with Crippen LogP contribution in [0.25, 0.3) is 0 Å². The van der Waals surface area contributed by atoms with Crippen molar-refractivity contribution in [3.8, 4) is 0 Å². The SMILES string of the molecule is CCCCC[C@H](O)C=C[C@@H]1[C@@H](CC=CCCCC(=O)NCCO)[C@@H](O)C[C@@H]1O. The monoisotopic (exact) mass is 397 g/mol. The highest BCUT2D eigenvalue weighted by Gasteiger charge is 2.39. The van der Waals surface area contributed by atoms with Crippen molar-refractivity contribution in [1.82, 2.24) is 5.32 Å². The number of aliphatic hydroxyl groups is 4. The number of aliphatic hydroxyl groups excluding tert-OH is 4. The van der Waals surface area contributed by atoms with Gasteiger partial charge in [-0.2, -0.15) is 0 Å². The molecular weight excluding hydrogens is 358 g/mol. The largest absolute Gasteiger partial charge is 0.395 e. The van der Waals surface area contributed by atoms with Crippen LogP contribution in [0.4, 0.5) is 0 Å². The molecule has 0 saturated heterocycles. The van der Waals surface area contributed by atoms with Crippen LogP contribution in [0.5, 0.6) is 0 Å². The first kappa shape index (κ1) is 24.8. The van der Waals surface area contributed by atoms with Crippen LogP contribution in [0.3, 0.4) is 0 Å². The molecule has 0 bridgehead atoms. The Morgan fingerprint density at radius 1 is 1.18 bits per heavy atom. The molecule has 162 valence electrons. The van der Waals surface area contributed by atoms with E-state index >= 15 is 0 Å². The molecule has 1 aliphatic carbocycles. The Kier molecular flexibility index (Phi) is 13.1. The molecule has 1 saturated carbocycles. The van der Waals surface area contributed by atoms with Gasteiger partial charge < -0.3 is 25.7 Å². The standard InChI is InChI=1S/C22H39NO5/c1-2-3-6-9-17(25)12-13-19-18(20(26)16-21(19)27)10-7-4-5-8-11-22(28)23-14-15-24/h4,7,12-13,17-21,24-27H,2-3,5-6,8-11,14-16H2,1H3,(H,23,28)/t17-,18+,19+,20-,21-/m0/s1. The van der Waals surface area contributed by atoms with Gasteiger partial charge in [-0.15, -0.1) is 0 Å². The topological polar surface area (TPSA) is 110 Å². The summed E-state index contributed by atoms with van der Waals surface area (Å²) >= 11 is 0. The molecule has 0 heterocycles. The normalized spacial score (nSPS) is 26.3. The zero-order valence-electron chi connectivity index (χ0n) is 17.2. The van der Waals surface area contributed by atoms with Crippen molar-refractivity contribution in [2.45, 2.75) is 83.0 Å². The lowest BCUT2D eigenvalue weighted by atomic mass is 9.89. The molecule has 0 unspecified atom stereocenters.